The minimum atomic E-state index is -0.220. The van der Waals surface area contributed by atoms with Crippen LogP contribution < -0.4 is 14.8 Å². The molecule has 1 aliphatic heterocycles. The number of amides is 1. The lowest BCUT2D eigenvalue weighted by Crippen LogP contribution is -2.40. The van der Waals surface area contributed by atoms with Gasteiger partial charge in [-0.05, 0) is 50.6 Å². The van der Waals surface area contributed by atoms with Crippen molar-refractivity contribution < 1.29 is 18.8 Å². The van der Waals surface area contributed by atoms with Gasteiger partial charge in [-0.15, -0.1) is 0 Å². The van der Waals surface area contributed by atoms with Gasteiger partial charge in [-0.3, -0.25) is 9.36 Å². The van der Waals surface area contributed by atoms with E-state index in [1.807, 2.05) is 61.7 Å². The fourth-order valence-electron chi connectivity index (χ4n) is 3.37. The Bertz CT molecular complexity index is 1060. The molecule has 0 spiro atoms. The number of aryl methyl sites for hydroxylation is 2. The fourth-order valence-corrected chi connectivity index (χ4v) is 3.37. The van der Waals surface area contributed by atoms with E-state index >= 15 is 0 Å². The molecule has 1 N–H and O–H groups in total. The van der Waals surface area contributed by atoms with Crippen molar-refractivity contribution in [2.75, 3.05) is 13.2 Å². The van der Waals surface area contributed by atoms with E-state index in [0.717, 1.165) is 34.3 Å². The molecule has 0 unspecified atom stereocenters. The predicted octanol–water partition coefficient (Wildman–Crippen LogP) is 3.36. The Kier molecular flexibility index (Phi) is 5.12. The van der Waals surface area contributed by atoms with Crippen molar-refractivity contribution in [2.24, 2.45) is 0 Å². The summed E-state index contributed by atoms with van der Waals surface area (Å²) in [6.45, 7) is 6.61. The van der Waals surface area contributed by atoms with Crippen molar-refractivity contribution in [3.63, 3.8) is 0 Å². The second-order valence-electron chi connectivity index (χ2n) is 7.03. The van der Waals surface area contributed by atoms with Crippen molar-refractivity contribution in [3.05, 3.63) is 65.2 Å². The van der Waals surface area contributed by atoms with Crippen LogP contribution in [-0.4, -0.2) is 34.9 Å². The average Bonchev–Trinajstić information content (AvgIpc) is 3.26. The molecule has 1 amide bonds. The van der Waals surface area contributed by atoms with Crippen LogP contribution in [0.25, 0.3) is 11.9 Å². The van der Waals surface area contributed by atoms with Crippen LogP contribution in [0, 0.1) is 20.8 Å². The molecular formula is C22H23N3O4. The molecule has 29 heavy (non-hydrogen) atoms. The summed E-state index contributed by atoms with van der Waals surface area (Å²) in [6, 6.07) is 11.4. The minimum absolute atomic E-state index is 0.186. The molecule has 3 heterocycles. The summed E-state index contributed by atoms with van der Waals surface area (Å²) in [5, 5.41) is 6.94. The number of fused-ring (bicyclic) bond motifs is 1. The van der Waals surface area contributed by atoms with E-state index in [0.29, 0.717) is 18.9 Å². The van der Waals surface area contributed by atoms with Crippen molar-refractivity contribution >= 4 is 12.0 Å². The Labute approximate surface area is 168 Å². The molecule has 7 nitrogen and oxygen atoms in total. The molecule has 0 saturated heterocycles. The zero-order valence-corrected chi connectivity index (χ0v) is 16.6. The van der Waals surface area contributed by atoms with Gasteiger partial charge in [0, 0.05) is 23.5 Å². The number of nitrogens with zero attached hydrogens (tertiary/aromatic N) is 2. The van der Waals surface area contributed by atoms with Crippen molar-refractivity contribution in [2.45, 2.75) is 26.9 Å². The van der Waals surface area contributed by atoms with Crippen molar-refractivity contribution in [1.82, 2.24) is 15.0 Å². The van der Waals surface area contributed by atoms with Gasteiger partial charge in [0.2, 0.25) is 5.91 Å². The summed E-state index contributed by atoms with van der Waals surface area (Å²) in [5.74, 6) is 2.73. The topological polar surface area (TPSA) is 78.5 Å². The first-order valence-corrected chi connectivity index (χ1v) is 9.48. The SMILES string of the molecule is Cc1cc(-n2c(C)cc(/C=C/C(=O)NC[C@H]3COc4ccccc4O3)c2C)no1. The highest BCUT2D eigenvalue weighted by molar-refractivity contribution is 5.91. The number of aromatic nitrogens is 2. The zero-order chi connectivity index (χ0) is 20.4. The quantitative estimate of drug-likeness (QED) is 0.673. The molecule has 4 rings (SSSR count). The maximum absolute atomic E-state index is 12.3. The van der Waals surface area contributed by atoms with Gasteiger partial charge in [0.15, 0.2) is 17.3 Å². The van der Waals surface area contributed by atoms with E-state index in [9.17, 15) is 4.79 Å². The van der Waals surface area contributed by atoms with Crippen LogP contribution in [0.5, 0.6) is 11.5 Å². The highest BCUT2D eigenvalue weighted by Crippen LogP contribution is 2.30. The molecule has 150 valence electrons. The van der Waals surface area contributed by atoms with E-state index in [2.05, 4.69) is 10.5 Å². The Hall–Kier alpha value is -3.48. The Morgan fingerprint density at radius 3 is 2.79 bits per heavy atom. The number of hydrogen-bond donors (Lipinski definition) is 1. The van der Waals surface area contributed by atoms with Gasteiger partial charge in [-0.25, -0.2) is 0 Å². The number of ether oxygens (including phenoxy) is 2. The van der Waals surface area contributed by atoms with Crippen LogP contribution in [0.15, 0.2) is 47.0 Å². The third-order valence-electron chi connectivity index (χ3n) is 4.80. The molecule has 2 aromatic heterocycles. The molecule has 1 aromatic carbocycles. The summed E-state index contributed by atoms with van der Waals surface area (Å²) in [5.41, 5.74) is 2.95. The molecule has 0 aliphatic carbocycles. The van der Waals surface area contributed by atoms with Crippen LogP contribution in [0.4, 0.5) is 0 Å². The third-order valence-corrected chi connectivity index (χ3v) is 4.80. The monoisotopic (exact) mass is 393 g/mol. The third kappa shape index (κ3) is 4.03. The van der Waals surface area contributed by atoms with Crippen LogP contribution >= 0.6 is 0 Å². The Balaban J connectivity index is 1.37. The lowest BCUT2D eigenvalue weighted by molar-refractivity contribution is -0.116. The number of benzene rings is 1. The molecule has 3 aromatic rings. The molecule has 0 bridgehead atoms. The first kappa shape index (κ1) is 18.9. The van der Waals surface area contributed by atoms with Gasteiger partial charge < -0.3 is 19.3 Å². The smallest absolute Gasteiger partial charge is 0.244 e. The summed E-state index contributed by atoms with van der Waals surface area (Å²) in [6.07, 6.45) is 3.11. The summed E-state index contributed by atoms with van der Waals surface area (Å²) >= 11 is 0. The summed E-state index contributed by atoms with van der Waals surface area (Å²) < 4.78 is 18.7. The van der Waals surface area contributed by atoms with E-state index in [1.165, 1.54) is 6.08 Å². The summed E-state index contributed by atoms with van der Waals surface area (Å²) in [4.78, 5) is 12.3. The second kappa shape index (κ2) is 7.87. The van der Waals surface area contributed by atoms with Crippen LogP contribution in [0.2, 0.25) is 0 Å². The van der Waals surface area contributed by atoms with Crippen LogP contribution in [0.1, 0.15) is 22.7 Å². The highest BCUT2D eigenvalue weighted by atomic mass is 16.6. The molecule has 0 fully saturated rings. The minimum Gasteiger partial charge on any atom is -0.486 e. The van der Waals surface area contributed by atoms with E-state index in [4.69, 9.17) is 14.0 Å². The average molecular weight is 393 g/mol. The highest BCUT2D eigenvalue weighted by Gasteiger charge is 2.20. The van der Waals surface area contributed by atoms with Gasteiger partial charge in [0.05, 0.1) is 6.54 Å². The molecule has 1 aliphatic rings. The Morgan fingerprint density at radius 2 is 2.03 bits per heavy atom. The summed E-state index contributed by atoms with van der Waals surface area (Å²) in [7, 11) is 0. The lowest BCUT2D eigenvalue weighted by Gasteiger charge is -2.26. The molecule has 0 radical (unpaired) electrons. The van der Waals surface area contributed by atoms with Gasteiger partial charge in [0.25, 0.3) is 0 Å². The zero-order valence-electron chi connectivity index (χ0n) is 16.6. The second-order valence-corrected chi connectivity index (χ2v) is 7.03. The molecule has 1 atom stereocenters. The number of nitrogens with one attached hydrogen (secondary N) is 1. The number of rotatable bonds is 5. The maximum Gasteiger partial charge on any atom is 0.244 e. The lowest BCUT2D eigenvalue weighted by atomic mass is 10.2. The first-order chi connectivity index (χ1) is 14.0. The standard InChI is InChI=1S/C22H23N3O4/c1-14-10-17(16(3)25(14)21-11-15(2)29-24-21)8-9-22(26)23-12-18-13-27-19-6-4-5-7-20(19)28-18/h4-11,18H,12-13H2,1-3H3,(H,23,26)/b9-8+/t18-/m0/s1. The number of para-hydroxylation sites is 2. The van der Waals surface area contributed by atoms with Crippen LogP contribution in [-0.2, 0) is 4.79 Å². The maximum atomic E-state index is 12.3. The number of hydrogen-bond acceptors (Lipinski definition) is 5. The molecule has 7 heteroatoms. The molecule has 0 saturated carbocycles. The van der Waals surface area contributed by atoms with E-state index in [-0.39, 0.29) is 12.0 Å². The van der Waals surface area contributed by atoms with E-state index in [1.54, 1.807) is 6.08 Å². The van der Waals surface area contributed by atoms with Crippen molar-refractivity contribution in [1.29, 1.82) is 0 Å². The fraction of sp³-hybridized carbons (Fsp3) is 0.273. The van der Waals surface area contributed by atoms with Gasteiger partial charge in [0.1, 0.15) is 18.5 Å². The van der Waals surface area contributed by atoms with Gasteiger partial charge in [-0.1, -0.05) is 17.3 Å². The normalized spacial score (nSPS) is 15.6. The largest absolute Gasteiger partial charge is 0.486 e. The first-order valence-electron chi connectivity index (χ1n) is 9.48. The van der Waals surface area contributed by atoms with E-state index < -0.39 is 0 Å². The van der Waals surface area contributed by atoms with Gasteiger partial charge >= 0.3 is 0 Å². The predicted molar refractivity (Wildman–Crippen MR) is 108 cm³/mol. The Morgan fingerprint density at radius 1 is 1.24 bits per heavy atom. The number of carbonyl (C=O) groups is 1. The molecular weight excluding hydrogens is 370 g/mol. The van der Waals surface area contributed by atoms with Gasteiger partial charge in [-0.2, -0.15) is 0 Å². The number of carbonyl (C=O) groups excluding carboxylic acids is 1. The van der Waals surface area contributed by atoms with Crippen molar-refractivity contribution in [3.8, 4) is 17.3 Å². The van der Waals surface area contributed by atoms with Crippen LogP contribution in [0.3, 0.4) is 0 Å².